The van der Waals surface area contributed by atoms with E-state index in [9.17, 15) is 0 Å². The molecule has 0 aliphatic rings. The Morgan fingerprint density at radius 2 is 2.07 bits per heavy atom. The van der Waals surface area contributed by atoms with E-state index >= 15 is 0 Å². The number of aromatic nitrogens is 2. The van der Waals surface area contributed by atoms with Gasteiger partial charge in [0.25, 0.3) is 5.22 Å². The summed E-state index contributed by atoms with van der Waals surface area (Å²) in [6.45, 7) is 4.98. The Bertz CT molecular complexity index is 275. The van der Waals surface area contributed by atoms with E-state index in [1.807, 2.05) is 0 Å². The first-order valence-electron chi connectivity index (χ1n) is 5.41. The van der Waals surface area contributed by atoms with Gasteiger partial charge in [0.2, 0.25) is 5.89 Å². The first kappa shape index (κ1) is 12.5. The minimum atomic E-state index is 0.482. The number of aryl methyl sites for hydroxylation is 1. The molecule has 1 rings (SSSR count). The highest BCUT2D eigenvalue weighted by atomic mass is 32.2. The molecule has 15 heavy (non-hydrogen) atoms. The molecule has 0 amide bonds. The van der Waals surface area contributed by atoms with E-state index < -0.39 is 0 Å². The van der Waals surface area contributed by atoms with Crippen LogP contribution < -0.4 is 5.73 Å². The summed E-state index contributed by atoms with van der Waals surface area (Å²) in [5.41, 5.74) is 5.41. The number of hydrogen-bond donors (Lipinski definition) is 1. The summed E-state index contributed by atoms with van der Waals surface area (Å²) < 4.78 is 5.48. The average molecular weight is 229 g/mol. The first-order valence-corrected chi connectivity index (χ1v) is 6.29. The lowest BCUT2D eigenvalue weighted by atomic mass is 10.2. The van der Waals surface area contributed by atoms with Crippen LogP contribution in [0.4, 0.5) is 0 Å². The van der Waals surface area contributed by atoms with Crippen molar-refractivity contribution < 1.29 is 4.42 Å². The summed E-state index contributed by atoms with van der Waals surface area (Å²) in [4.78, 5) is 0. The number of nitrogens with two attached hydrogens (primary N) is 1. The van der Waals surface area contributed by atoms with Gasteiger partial charge in [-0.1, -0.05) is 32.0 Å². The van der Waals surface area contributed by atoms with Crippen LogP contribution in [0, 0.1) is 0 Å². The number of unbranched alkanes of at least 4 members (excludes halogenated alkanes) is 2. The maximum absolute atomic E-state index is 5.48. The van der Waals surface area contributed by atoms with Crippen LogP contribution in [0.5, 0.6) is 0 Å². The van der Waals surface area contributed by atoms with Gasteiger partial charge in [-0.25, -0.2) is 0 Å². The van der Waals surface area contributed by atoms with Gasteiger partial charge in [-0.2, -0.15) is 0 Å². The second kappa shape index (κ2) is 6.85. The second-order valence-corrected chi connectivity index (χ2v) is 5.26. The van der Waals surface area contributed by atoms with E-state index in [4.69, 9.17) is 10.2 Å². The standard InChI is InChI=1S/C10H19N3OS/c1-8(2)15-10-13-12-9(14-10)6-4-3-5-7-11/h8H,3-7,11H2,1-2H3. The van der Waals surface area contributed by atoms with Gasteiger partial charge in [-0.15, -0.1) is 10.2 Å². The molecule has 0 aliphatic heterocycles. The van der Waals surface area contributed by atoms with Crippen molar-refractivity contribution in [3.63, 3.8) is 0 Å². The third-order valence-electron chi connectivity index (χ3n) is 1.88. The number of nitrogens with zero attached hydrogens (tertiary/aromatic N) is 2. The maximum atomic E-state index is 5.48. The van der Waals surface area contributed by atoms with Gasteiger partial charge >= 0.3 is 0 Å². The largest absolute Gasteiger partial charge is 0.416 e. The summed E-state index contributed by atoms with van der Waals surface area (Å²) in [6, 6.07) is 0. The van der Waals surface area contributed by atoms with Gasteiger partial charge in [0.15, 0.2) is 0 Å². The van der Waals surface area contributed by atoms with Crippen molar-refractivity contribution in [1.29, 1.82) is 0 Å². The number of thioether (sulfide) groups is 1. The molecule has 0 atom stereocenters. The Labute approximate surface area is 95.0 Å². The molecule has 0 spiro atoms. The SMILES string of the molecule is CC(C)Sc1nnc(CCCCCN)o1. The van der Waals surface area contributed by atoms with Crippen molar-refractivity contribution in [1.82, 2.24) is 10.2 Å². The lowest BCUT2D eigenvalue weighted by Crippen LogP contribution is -1.98. The first-order chi connectivity index (χ1) is 7.22. The van der Waals surface area contributed by atoms with Gasteiger partial charge in [0.1, 0.15) is 0 Å². The highest BCUT2D eigenvalue weighted by Gasteiger charge is 2.07. The molecule has 1 heterocycles. The van der Waals surface area contributed by atoms with Crippen molar-refractivity contribution in [2.75, 3.05) is 6.54 Å². The molecule has 5 heteroatoms. The van der Waals surface area contributed by atoms with Gasteiger partial charge in [-0.3, -0.25) is 0 Å². The van der Waals surface area contributed by atoms with Crippen molar-refractivity contribution >= 4 is 11.8 Å². The summed E-state index contributed by atoms with van der Waals surface area (Å²) in [7, 11) is 0. The van der Waals surface area contributed by atoms with Crippen LogP contribution >= 0.6 is 11.8 Å². The Morgan fingerprint density at radius 1 is 1.27 bits per heavy atom. The van der Waals surface area contributed by atoms with E-state index in [2.05, 4.69) is 24.0 Å². The van der Waals surface area contributed by atoms with E-state index in [1.54, 1.807) is 11.8 Å². The van der Waals surface area contributed by atoms with Crippen LogP contribution in [-0.4, -0.2) is 22.0 Å². The molecule has 1 aromatic heterocycles. The number of rotatable bonds is 7. The van der Waals surface area contributed by atoms with Crippen molar-refractivity contribution in [2.45, 2.75) is 50.0 Å². The van der Waals surface area contributed by atoms with Crippen molar-refractivity contribution in [2.24, 2.45) is 5.73 Å². The average Bonchev–Trinajstić information content (AvgIpc) is 2.59. The maximum Gasteiger partial charge on any atom is 0.276 e. The minimum Gasteiger partial charge on any atom is -0.416 e. The molecule has 0 bridgehead atoms. The van der Waals surface area contributed by atoms with E-state index in [-0.39, 0.29) is 0 Å². The minimum absolute atomic E-state index is 0.482. The van der Waals surface area contributed by atoms with Gasteiger partial charge in [0, 0.05) is 11.7 Å². The van der Waals surface area contributed by atoms with E-state index in [0.29, 0.717) is 10.5 Å². The monoisotopic (exact) mass is 229 g/mol. The predicted octanol–water partition coefficient (Wildman–Crippen LogP) is 2.24. The zero-order chi connectivity index (χ0) is 11.1. The molecule has 0 aromatic carbocycles. The summed E-state index contributed by atoms with van der Waals surface area (Å²) in [6.07, 6.45) is 4.14. The van der Waals surface area contributed by atoms with Crippen LogP contribution in [-0.2, 0) is 6.42 Å². The van der Waals surface area contributed by atoms with Gasteiger partial charge < -0.3 is 10.2 Å². The fourth-order valence-electron chi connectivity index (χ4n) is 1.19. The smallest absolute Gasteiger partial charge is 0.276 e. The van der Waals surface area contributed by atoms with E-state index in [1.165, 1.54) is 0 Å². The van der Waals surface area contributed by atoms with Crippen molar-refractivity contribution in [3.8, 4) is 0 Å². The van der Waals surface area contributed by atoms with Crippen LogP contribution in [0.1, 0.15) is 39.0 Å². The molecular formula is C10H19N3OS. The molecule has 0 unspecified atom stereocenters. The predicted molar refractivity (Wildman–Crippen MR) is 61.9 cm³/mol. The summed E-state index contributed by atoms with van der Waals surface area (Å²) in [5, 5.41) is 9.14. The molecule has 86 valence electrons. The van der Waals surface area contributed by atoms with Crippen LogP contribution in [0.2, 0.25) is 0 Å². The summed E-state index contributed by atoms with van der Waals surface area (Å²) in [5.74, 6) is 0.746. The zero-order valence-corrected chi connectivity index (χ0v) is 10.2. The third kappa shape index (κ3) is 5.18. The highest BCUT2D eigenvalue weighted by molar-refractivity contribution is 7.99. The van der Waals surface area contributed by atoms with Gasteiger partial charge in [-0.05, 0) is 19.4 Å². The van der Waals surface area contributed by atoms with Crippen LogP contribution in [0.25, 0.3) is 0 Å². The third-order valence-corrected chi connectivity index (χ3v) is 2.72. The fraction of sp³-hybridized carbons (Fsp3) is 0.800. The number of hydrogen-bond acceptors (Lipinski definition) is 5. The Hall–Kier alpha value is -0.550. The Balaban J connectivity index is 2.26. The highest BCUT2D eigenvalue weighted by Crippen LogP contribution is 2.21. The second-order valence-electron chi connectivity index (χ2n) is 3.73. The molecule has 0 saturated heterocycles. The molecule has 0 aliphatic carbocycles. The topological polar surface area (TPSA) is 64.9 Å². The molecule has 0 radical (unpaired) electrons. The molecule has 1 aromatic rings. The Morgan fingerprint density at radius 3 is 2.73 bits per heavy atom. The molecular weight excluding hydrogens is 210 g/mol. The van der Waals surface area contributed by atoms with E-state index in [0.717, 1.165) is 38.1 Å². The van der Waals surface area contributed by atoms with Crippen molar-refractivity contribution in [3.05, 3.63) is 5.89 Å². The van der Waals surface area contributed by atoms with Crippen LogP contribution in [0.15, 0.2) is 9.64 Å². The van der Waals surface area contributed by atoms with Gasteiger partial charge in [0.05, 0.1) is 0 Å². The normalized spacial score (nSPS) is 11.2. The molecule has 0 saturated carbocycles. The molecule has 0 fully saturated rings. The quantitative estimate of drug-likeness (QED) is 0.574. The molecule has 2 N–H and O–H groups in total. The Kier molecular flexibility index (Phi) is 5.71. The summed E-state index contributed by atoms with van der Waals surface area (Å²) >= 11 is 1.60. The lowest BCUT2D eigenvalue weighted by Gasteiger charge is -1.97. The molecule has 4 nitrogen and oxygen atoms in total. The fourth-order valence-corrected chi connectivity index (χ4v) is 1.82. The van der Waals surface area contributed by atoms with Crippen LogP contribution in [0.3, 0.4) is 0 Å². The zero-order valence-electron chi connectivity index (χ0n) is 9.40. The lowest BCUT2D eigenvalue weighted by molar-refractivity contribution is 0.406.